The Labute approximate surface area is 161 Å². The van der Waals surface area contributed by atoms with E-state index in [4.69, 9.17) is 4.74 Å². The number of aryl methyl sites for hydroxylation is 1. The molecule has 1 aromatic carbocycles. The second-order valence-corrected chi connectivity index (χ2v) is 8.52. The van der Waals surface area contributed by atoms with Gasteiger partial charge in [-0.2, -0.15) is 4.31 Å². The summed E-state index contributed by atoms with van der Waals surface area (Å²) in [4.78, 5) is 23.8. The highest BCUT2D eigenvalue weighted by Gasteiger charge is 2.28. The summed E-state index contributed by atoms with van der Waals surface area (Å²) in [7, 11) is -3.60. The Morgan fingerprint density at radius 1 is 1.19 bits per heavy atom. The van der Waals surface area contributed by atoms with Crippen LogP contribution in [0.2, 0.25) is 0 Å². The van der Waals surface area contributed by atoms with E-state index in [1.165, 1.54) is 10.4 Å². The van der Waals surface area contributed by atoms with E-state index in [0.717, 1.165) is 19.3 Å². The second kappa shape index (κ2) is 9.85. The van der Waals surface area contributed by atoms with Gasteiger partial charge >= 0.3 is 5.97 Å². The van der Waals surface area contributed by atoms with Crippen molar-refractivity contribution in [3.05, 3.63) is 29.3 Å². The number of hydrogen-bond acceptors (Lipinski definition) is 5. The van der Waals surface area contributed by atoms with Gasteiger partial charge in [-0.3, -0.25) is 9.59 Å². The maximum Gasteiger partial charge on any atom is 0.305 e. The van der Waals surface area contributed by atoms with Gasteiger partial charge in [0.2, 0.25) is 10.0 Å². The van der Waals surface area contributed by atoms with Crippen molar-refractivity contribution >= 4 is 21.9 Å². The fourth-order valence-corrected chi connectivity index (χ4v) is 4.80. The highest BCUT2D eigenvalue weighted by molar-refractivity contribution is 7.89. The summed E-state index contributed by atoms with van der Waals surface area (Å²) in [5.74, 6) is -0.647. The first-order valence-electron chi connectivity index (χ1n) is 9.41. The van der Waals surface area contributed by atoms with Crippen molar-refractivity contribution in [2.75, 3.05) is 26.2 Å². The van der Waals surface area contributed by atoms with E-state index in [1.807, 2.05) is 0 Å². The van der Waals surface area contributed by atoms with Crippen LogP contribution >= 0.6 is 0 Å². The molecule has 0 spiro atoms. The molecule has 0 radical (unpaired) electrons. The maximum absolute atomic E-state index is 12.9. The number of ether oxygens (including phenoxy) is 1. The molecule has 7 nitrogen and oxygen atoms in total. The van der Waals surface area contributed by atoms with Gasteiger partial charge in [-0.25, -0.2) is 8.42 Å². The number of nitrogens with one attached hydrogen (secondary N) is 1. The number of amides is 1. The van der Waals surface area contributed by atoms with Gasteiger partial charge in [0.05, 0.1) is 11.5 Å². The van der Waals surface area contributed by atoms with Gasteiger partial charge in [0.1, 0.15) is 0 Å². The smallest absolute Gasteiger partial charge is 0.305 e. The first-order chi connectivity index (χ1) is 12.9. The van der Waals surface area contributed by atoms with Crippen molar-refractivity contribution in [3.8, 4) is 0 Å². The van der Waals surface area contributed by atoms with Gasteiger partial charge < -0.3 is 10.1 Å². The van der Waals surface area contributed by atoms with Crippen molar-refractivity contribution in [2.45, 2.75) is 50.8 Å². The molecule has 0 unspecified atom stereocenters. The van der Waals surface area contributed by atoms with E-state index in [0.29, 0.717) is 43.8 Å². The Kier molecular flexibility index (Phi) is 7.79. The maximum atomic E-state index is 12.9. The lowest BCUT2D eigenvalue weighted by molar-refractivity contribution is -0.143. The van der Waals surface area contributed by atoms with Crippen molar-refractivity contribution in [2.24, 2.45) is 0 Å². The summed E-state index contributed by atoms with van der Waals surface area (Å²) >= 11 is 0. The molecule has 150 valence electrons. The van der Waals surface area contributed by atoms with Crippen LogP contribution in [0.1, 0.15) is 54.9 Å². The van der Waals surface area contributed by atoms with Crippen LogP contribution in [0, 0.1) is 6.92 Å². The largest absolute Gasteiger partial charge is 0.466 e. The highest BCUT2D eigenvalue weighted by atomic mass is 32.2. The minimum absolute atomic E-state index is 0.184. The third kappa shape index (κ3) is 5.77. The molecule has 1 aromatic rings. The molecule has 0 saturated carbocycles. The normalized spacial score (nSPS) is 15.3. The third-order valence-corrected chi connectivity index (χ3v) is 6.57. The Balaban J connectivity index is 2.03. The van der Waals surface area contributed by atoms with E-state index in [2.05, 4.69) is 5.32 Å². The standard InChI is InChI=1S/C19H28N2O5S/c1-3-26-18(22)8-7-11-20-19(23)16-10-9-15(2)17(14-16)27(24,25)21-12-5-4-6-13-21/h9-10,14H,3-8,11-13H2,1-2H3,(H,20,23). The lowest BCUT2D eigenvalue weighted by Crippen LogP contribution is -2.36. The predicted molar refractivity (Wildman–Crippen MR) is 102 cm³/mol. The zero-order chi connectivity index (χ0) is 19.9. The van der Waals surface area contributed by atoms with Crippen LogP contribution in [0.25, 0.3) is 0 Å². The van der Waals surface area contributed by atoms with Crippen LogP contribution < -0.4 is 5.32 Å². The molecule has 1 saturated heterocycles. The summed E-state index contributed by atoms with van der Waals surface area (Å²) in [6.45, 7) is 5.17. The fourth-order valence-electron chi connectivity index (χ4n) is 3.03. The van der Waals surface area contributed by atoms with Gasteiger partial charge in [-0.05, 0) is 50.8 Å². The Morgan fingerprint density at radius 3 is 2.56 bits per heavy atom. The fraction of sp³-hybridized carbons (Fsp3) is 0.579. The highest BCUT2D eigenvalue weighted by Crippen LogP contribution is 2.24. The van der Waals surface area contributed by atoms with E-state index in [-0.39, 0.29) is 23.2 Å². The molecule has 0 aliphatic carbocycles. The molecule has 27 heavy (non-hydrogen) atoms. The molecule has 1 aliphatic heterocycles. The van der Waals surface area contributed by atoms with Crippen LogP contribution in [0.5, 0.6) is 0 Å². The van der Waals surface area contributed by atoms with Crippen LogP contribution in [-0.2, 0) is 19.6 Å². The van der Waals surface area contributed by atoms with Crippen molar-refractivity contribution < 1.29 is 22.7 Å². The molecule has 1 fully saturated rings. The summed E-state index contributed by atoms with van der Waals surface area (Å²) in [5, 5.41) is 2.72. The molecule has 1 heterocycles. The molecule has 1 aliphatic rings. The quantitative estimate of drug-likeness (QED) is 0.537. The Morgan fingerprint density at radius 2 is 1.89 bits per heavy atom. The van der Waals surface area contributed by atoms with Gasteiger partial charge in [0.25, 0.3) is 5.91 Å². The molecule has 1 N–H and O–H groups in total. The van der Waals surface area contributed by atoms with E-state index in [9.17, 15) is 18.0 Å². The number of piperidine rings is 1. The molecule has 8 heteroatoms. The predicted octanol–water partition coefficient (Wildman–Crippen LogP) is 2.24. The van der Waals surface area contributed by atoms with Gasteiger partial charge in [0, 0.05) is 31.6 Å². The molecular formula is C19H28N2O5S. The number of sulfonamides is 1. The minimum Gasteiger partial charge on any atom is -0.466 e. The topological polar surface area (TPSA) is 92.8 Å². The van der Waals surface area contributed by atoms with Crippen LogP contribution in [0.3, 0.4) is 0 Å². The number of nitrogens with zero attached hydrogens (tertiary/aromatic N) is 1. The van der Waals surface area contributed by atoms with Crippen LogP contribution in [0.15, 0.2) is 23.1 Å². The summed E-state index contributed by atoms with van der Waals surface area (Å²) in [6, 6.07) is 4.72. The van der Waals surface area contributed by atoms with Crippen LogP contribution in [0.4, 0.5) is 0 Å². The average molecular weight is 397 g/mol. The lowest BCUT2D eigenvalue weighted by atomic mass is 10.1. The minimum atomic E-state index is -3.60. The zero-order valence-corrected chi connectivity index (χ0v) is 16.8. The number of benzene rings is 1. The number of rotatable bonds is 8. The van der Waals surface area contributed by atoms with E-state index in [1.54, 1.807) is 26.0 Å². The summed E-state index contributed by atoms with van der Waals surface area (Å²) < 4.78 is 32.2. The summed E-state index contributed by atoms with van der Waals surface area (Å²) in [6.07, 6.45) is 3.46. The summed E-state index contributed by atoms with van der Waals surface area (Å²) in [5.41, 5.74) is 0.923. The Bertz CT molecular complexity index is 770. The molecule has 2 rings (SSSR count). The van der Waals surface area contributed by atoms with Crippen molar-refractivity contribution in [1.82, 2.24) is 9.62 Å². The molecule has 0 atom stereocenters. The van der Waals surface area contributed by atoms with Gasteiger partial charge in [0.15, 0.2) is 0 Å². The second-order valence-electron chi connectivity index (χ2n) is 6.61. The van der Waals surface area contributed by atoms with E-state index < -0.39 is 10.0 Å². The molecule has 1 amide bonds. The zero-order valence-electron chi connectivity index (χ0n) is 16.0. The number of esters is 1. The van der Waals surface area contributed by atoms with Gasteiger partial charge in [-0.1, -0.05) is 12.5 Å². The van der Waals surface area contributed by atoms with Crippen molar-refractivity contribution in [1.29, 1.82) is 0 Å². The van der Waals surface area contributed by atoms with Crippen molar-refractivity contribution in [3.63, 3.8) is 0 Å². The van der Waals surface area contributed by atoms with E-state index >= 15 is 0 Å². The Hall–Kier alpha value is -1.93. The van der Waals surface area contributed by atoms with Crippen LogP contribution in [-0.4, -0.2) is 50.8 Å². The number of carbonyl (C=O) groups is 2. The molecule has 0 bridgehead atoms. The molecular weight excluding hydrogens is 368 g/mol. The SMILES string of the molecule is CCOC(=O)CCCNC(=O)c1ccc(C)c(S(=O)(=O)N2CCCCC2)c1. The lowest BCUT2D eigenvalue weighted by Gasteiger charge is -2.26. The third-order valence-electron chi connectivity index (χ3n) is 4.53. The monoisotopic (exact) mass is 396 g/mol. The first-order valence-corrected chi connectivity index (χ1v) is 10.8. The first kappa shape index (κ1) is 21.4. The van der Waals surface area contributed by atoms with Gasteiger partial charge in [-0.15, -0.1) is 0 Å². The average Bonchev–Trinajstić information content (AvgIpc) is 2.66. The number of carbonyl (C=O) groups excluding carboxylic acids is 2. The molecule has 0 aromatic heterocycles. The number of hydrogen-bond donors (Lipinski definition) is 1.